The molecule has 18 heavy (non-hydrogen) atoms. The number of rotatable bonds is 4. The number of nitrogens with one attached hydrogen (secondary N) is 1. The van der Waals surface area contributed by atoms with E-state index < -0.39 is 10.0 Å². The summed E-state index contributed by atoms with van der Waals surface area (Å²) in [7, 11) is -3.41. The Bertz CT molecular complexity index is 511. The van der Waals surface area contributed by atoms with Crippen molar-refractivity contribution in [2.24, 2.45) is 17.8 Å². The lowest BCUT2D eigenvalue weighted by Gasteiger charge is -2.29. The van der Waals surface area contributed by atoms with Crippen molar-refractivity contribution in [3.63, 3.8) is 0 Å². The minimum Gasteiger partial charge on any atom is -0.396 e. The normalized spacial score (nSPS) is 35.2. The molecule has 2 N–H and O–H groups in total. The van der Waals surface area contributed by atoms with Crippen molar-refractivity contribution in [2.45, 2.75) is 29.5 Å². The summed E-state index contributed by atoms with van der Waals surface area (Å²) < 4.78 is 27.6. The van der Waals surface area contributed by atoms with Gasteiger partial charge in [-0.2, -0.15) is 0 Å². The molecule has 0 spiro atoms. The average molecular weight is 287 g/mol. The summed E-state index contributed by atoms with van der Waals surface area (Å²) in [6.45, 7) is 0.0821. The molecule has 0 saturated heterocycles. The summed E-state index contributed by atoms with van der Waals surface area (Å²) in [5.41, 5.74) is 0. The first-order valence-corrected chi connectivity index (χ1v) is 8.65. The van der Waals surface area contributed by atoms with Gasteiger partial charge in [0.1, 0.15) is 4.21 Å². The van der Waals surface area contributed by atoms with Gasteiger partial charge >= 0.3 is 0 Å². The summed E-state index contributed by atoms with van der Waals surface area (Å²) in [6.07, 6.45) is 3.27. The third-order valence-corrected chi connectivity index (χ3v) is 7.21. The third-order valence-electron chi connectivity index (χ3n) is 4.35. The second-order valence-corrected chi connectivity index (χ2v) is 8.15. The second-order valence-electron chi connectivity index (χ2n) is 5.26. The van der Waals surface area contributed by atoms with Gasteiger partial charge in [0.25, 0.3) is 0 Å². The van der Waals surface area contributed by atoms with Crippen LogP contribution in [0.3, 0.4) is 0 Å². The van der Waals surface area contributed by atoms with Crippen LogP contribution in [0, 0.1) is 17.8 Å². The molecule has 4 atom stereocenters. The molecule has 100 valence electrons. The van der Waals surface area contributed by atoms with Crippen LogP contribution in [-0.4, -0.2) is 26.2 Å². The zero-order valence-electron chi connectivity index (χ0n) is 9.95. The molecule has 4 nitrogen and oxygen atoms in total. The van der Waals surface area contributed by atoms with Crippen molar-refractivity contribution >= 4 is 21.4 Å². The lowest BCUT2D eigenvalue weighted by atomic mass is 9.86. The monoisotopic (exact) mass is 287 g/mol. The van der Waals surface area contributed by atoms with Crippen LogP contribution in [0.25, 0.3) is 0 Å². The number of thiophene rings is 1. The minimum absolute atomic E-state index is 0.0821. The third kappa shape index (κ3) is 2.01. The molecule has 2 bridgehead atoms. The number of aliphatic hydroxyl groups excluding tert-OH is 1. The molecule has 0 aliphatic heterocycles. The summed E-state index contributed by atoms with van der Waals surface area (Å²) in [6, 6.07) is 3.28. The number of aliphatic hydroxyl groups is 1. The SMILES string of the molecule is O=S(=O)(NC1C2CCC(C2)C1CO)c1cccs1. The summed E-state index contributed by atoms with van der Waals surface area (Å²) in [5, 5.41) is 11.2. The van der Waals surface area contributed by atoms with E-state index in [0.717, 1.165) is 19.3 Å². The van der Waals surface area contributed by atoms with Crippen LogP contribution in [0.4, 0.5) is 0 Å². The first kappa shape index (κ1) is 12.6. The van der Waals surface area contributed by atoms with Gasteiger partial charge in [-0.3, -0.25) is 0 Å². The Labute approximate surface area is 111 Å². The van der Waals surface area contributed by atoms with Gasteiger partial charge in [0.05, 0.1) is 0 Å². The van der Waals surface area contributed by atoms with Crippen molar-refractivity contribution in [1.82, 2.24) is 4.72 Å². The van der Waals surface area contributed by atoms with E-state index in [-0.39, 0.29) is 18.6 Å². The van der Waals surface area contributed by atoms with Crippen molar-refractivity contribution < 1.29 is 13.5 Å². The van der Waals surface area contributed by atoms with Crippen LogP contribution in [0.1, 0.15) is 19.3 Å². The Hall–Kier alpha value is -0.430. The molecular weight excluding hydrogens is 270 g/mol. The molecule has 6 heteroatoms. The fourth-order valence-electron chi connectivity index (χ4n) is 3.51. The van der Waals surface area contributed by atoms with Crippen molar-refractivity contribution in [3.05, 3.63) is 17.5 Å². The first-order valence-electron chi connectivity index (χ1n) is 6.28. The van der Waals surface area contributed by atoms with E-state index in [1.54, 1.807) is 17.5 Å². The van der Waals surface area contributed by atoms with Gasteiger partial charge in [-0.15, -0.1) is 11.3 Å². The maximum atomic E-state index is 12.2. The Morgan fingerprint density at radius 2 is 2.17 bits per heavy atom. The Kier molecular flexibility index (Phi) is 3.21. The number of fused-ring (bicyclic) bond motifs is 2. The van der Waals surface area contributed by atoms with Crippen LogP contribution in [0.5, 0.6) is 0 Å². The van der Waals surface area contributed by atoms with E-state index in [9.17, 15) is 13.5 Å². The van der Waals surface area contributed by atoms with Crippen LogP contribution >= 0.6 is 11.3 Å². The van der Waals surface area contributed by atoms with E-state index >= 15 is 0 Å². The van der Waals surface area contributed by atoms with Gasteiger partial charge < -0.3 is 5.11 Å². The van der Waals surface area contributed by atoms with Crippen molar-refractivity contribution in [3.8, 4) is 0 Å². The molecule has 0 radical (unpaired) electrons. The van der Waals surface area contributed by atoms with Gasteiger partial charge in [-0.05, 0) is 42.5 Å². The molecule has 2 aliphatic rings. The zero-order valence-corrected chi connectivity index (χ0v) is 11.6. The number of hydrogen-bond acceptors (Lipinski definition) is 4. The van der Waals surface area contributed by atoms with E-state index in [0.29, 0.717) is 16.0 Å². The minimum atomic E-state index is -3.41. The highest BCUT2D eigenvalue weighted by atomic mass is 32.2. The van der Waals surface area contributed by atoms with Crippen molar-refractivity contribution in [1.29, 1.82) is 0 Å². The van der Waals surface area contributed by atoms with Gasteiger partial charge in [0.2, 0.25) is 10.0 Å². The smallest absolute Gasteiger partial charge is 0.250 e. The highest BCUT2D eigenvalue weighted by molar-refractivity contribution is 7.91. The van der Waals surface area contributed by atoms with Crippen molar-refractivity contribution in [2.75, 3.05) is 6.61 Å². The Balaban J connectivity index is 1.81. The van der Waals surface area contributed by atoms with E-state index in [2.05, 4.69) is 4.72 Å². The van der Waals surface area contributed by atoms with Crippen LogP contribution in [0.15, 0.2) is 21.7 Å². The molecule has 3 rings (SSSR count). The summed E-state index contributed by atoms with van der Waals surface area (Å²) in [5.74, 6) is 0.997. The molecule has 1 aromatic heterocycles. The van der Waals surface area contributed by atoms with Gasteiger partial charge in [-0.1, -0.05) is 6.07 Å². The fourth-order valence-corrected chi connectivity index (χ4v) is 5.88. The summed E-state index contributed by atoms with van der Waals surface area (Å²) in [4.78, 5) is 0. The maximum Gasteiger partial charge on any atom is 0.250 e. The summed E-state index contributed by atoms with van der Waals surface area (Å²) >= 11 is 1.23. The molecule has 1 aromatic rings. The molecule has 1 heterocycles. The van der Waals surface area contributed by atoms with Gasteiger partial charge in [0, 0.05) is 18.6 Å². The topological polar surface area (TPSA) is 66.4 Å². The highest BCUT2D eigenvalue weighted by Crippen LogP contribution is 2.48. The molecule has 0 aromatic carbocycles. The van der Waals surface area contributed by atoms with E-state index in [1.165, 1.54) is 11.3 Å². The zero-order chi connectivity index (χ0) is 12.8. The lowest BCUT2D eigenvalue weighted by molar-refractivity contribution is 0.153. The Morgan fingerprint density at radius 1 is 1.39 bits per heavy atom. The predicted molar refractivity (Wildman–Crippen MR) is 69.8 cm³/mol. The average Bonchev–Trinajstić information content (AvgIpc) is 3.05. The number of hydrogen-bond donors (Lipinski definition) is 2. The highest BCUT2D eigenvalue weighted by Gasteiger charge is 2.48. The van der Waals surface area contributed by atoms with Crippen LogP contribution in [-0.2, 0) is 10.0 Å². The van der Waals surface area contributed by atoms with E-state index in [1.807, 2.05) is 0 Å². The molecule has 0 amide bonds. The maximum absolute atomic E-state index is 12.2. The number of sulfonamides is 1. The van der Waals surface area contributed by atoms with Crippen LogP contribution < -0.4 is 4.72 Å². The quantitative estimate of drug-likeness (QED) is 0.880. The van der Waals surface area contributed by atoms with Gasteiger partial charge in [0.15, 0.2) is 0 Å². The first-order chi connectivity index (χ1) is 8.62. The Morgan fingerprint density at radius 3 is 2.83 bits per heavy atom. The standard InChI is InChI=1S/C12H17NO3S2/c14-7-10-8-3-4-9(6-8)12(10)13-18(15,16)11-2-1-5-17-11/h1-2,5,8-10,12-14H,3-4,6-7H2. The second kappa shape index (κ2) is 4.59. The molecule has 2 fully saturated rings. The fraction of sp³-hybridized carbons (Fsp3) is 0.667. The van der Waals surface area contributed by atoms with E-state index in [4.69, 9.17) is 0 Å². The lowest BCUT2D eigenvalue weighted by Crippen LogP contribution is -2.44. The molecule has 2 aliphatic carbocycles. The van der Waals surface area contributed by atoms with Crippen LogP contribution in [0.2, 0.25) is 0 Å². The predicted octanol–water partition coefficient (Wildman–Crippen LogP) is 1.43. The molecular formula is C12H17NO3S2. The molecule has 2 saturated carbocycles. The molecule has 4 unspecified atom stereocenters. The largest absolute Gasteiger partial charge is 0.396 e. The van der Waals surface area contributed by atoms with Gasteiger partial charge in [-0.25, -0.2) is 13.1 Å².